The molecule has 0 radical (unpaired) electrons. The second-order valence-corrected chi connectivity index (χ2v) is 7.82. The van der Waals surface area contributed by atoms with Gasteiger partial charge in [-0.25, -0.2) is 14.0 Å². The number of nitrogens with zero attached hydrogens (tertiary/aromatic N) is 1. The molecule has 9 heteroatoms. The molecule has 0 saturated carbocycles. The summed E-state index contributed by atoms with van der Waals surface area (Å²) in [6, 6.07) is 3.95. The van der Waals surface area contributed by atoms with Crippen molar-refractivity contribution in [2.75, 3.05) is 13.1 Å². The summed E-state index contributed by atoms with van der Waals surface area (Å²) in [5, 5.41) is 7.36. The lowest BCUT2D eigenvalue weighted by Crippen LogP contribution is -2.47. The van der Waals surface area contributed by atoms with Crippen LogP contribution in [-0.2, 0) is 15.1 Å². The van der Waals surface area contributed by atoms with Crippen molar-refractivity contribution in [2.45, 2.75) is 52.0 Å². The number of urea groups is 2. The van der Waals surface area contributed by atoms with Crippen LogP contribution in [0.1, 0.15) is 52.0 Å². The first-order valence-electron chi connectivity index (χ1n) is 10.2. The molecule has 164 valence electrons. The molecule has 0 unspecified atom stereocenters. The van der Waals surface area contributed by atoms with Crippen molar-refractivity contribution in [2.24, 2.45) is 5.92 Å². The van der Waals surface area contributed by atoms with Crippen LogP contribution in [0.15, 0.2) is 24.3 Å². The first-order valence-corrected chi connectivity index (χ1v) is 10.2. The van der Waals surface area contributed by atoms with Gasteiger partial charge in [0.05, 0.1) is 0 Å². The van der Waals surface area contributed by atoms with E-state index < -0.39 is 41.8 Å². The summed E-state index contributed by atoms with van der Waals surface area (Å²) < 4.78 is 13.4. The molecule has 0 aromatic heterocycles. The Balaban J connectivity index is 2.09. The highest BCUT2D eigenvalue weighted by Gasteiger charge is 2.52. The number of hydrogen-bond donors (Lipinski definition) is 3. The average Bonchev–Trinajstić information content (AvgIpc) is 2.91. The van der Waals surface area contributed by atoms with Crippen molar-refractivity contribution in [3.63, 3.8) is 0 Å². The maximum Gasteiger partial charge on any atom is 0.325 e. The molecule has 1 heterocycles. The number of nitrogens with one attached hydrogen (secondary N) is 3. The zero-order valence-corrected chi connectivity index (χ0v) is 17.6. The van der Waals surface area contributed by atoms with E-state index in [2.05, 4.69) is 16.0 Å². The largest absolute Gasteiger partial charge is 0.338 e. The fourth-order valence-corrected chi connectivity index (χ4v) is 3.28. The van der Waals surface area contributed by atoms with E-state index in [0.717, 1.165) is 17.7 Å². The average molecular weight is 420 g/mol. The molecular weight excluding hydrogens is 391 g/mol. The minimum absolute atomic E-state index is 0.313. The van der Waals surface area contributed by atoms with Gasteiger partial charge in [0.15, 0.2) is 0 Å². The Bertz CT molecular complexity index is 797. The molecule has 3 N–H and O–H groups in total. The normalized spacial score (nSPS) is 18.5. The molecule has 1 aliphatic heterocycles. The fraction of sp³-hybridized carbons (Fsp3) is 0.524. The van der Waals surface area contributed by atoms with Crippen molar-refractivity contribution < 1.29 is 23.6 Å². The molecule has 6 amide bonds. The number of carbonyl (C=O) groups excluding carboxylic acids is 4. The van der Waals surface area contributed by atoms with E-state index >= 15 is 0 Å². The Hall–Kier alpha value is -2.97. The molecule has 2 rings (SSSR count). The van der Waals surface area contributed by atoms with Crippen molar-refractivity contribution in [3.05, 3.63) is 35.6 Å². The van der Waals surface area contributed by atoms with Crippen LogP contribution in [0.4, 0.5) is 14.0 Å². The number of carbonyl (C=O) groups is 4. The molecule has 0 spiro atoms. The SMILES string of the molecule is CCCC[C@]1(c2ccc(F)cc2)NC(=O)N(CC(=O)NC(=O)NCCC(C)C)C1=O. The van der Waals surface area contributed by atoms with E-state index in [1.165, 1.54) is 24.3 Å². The minimum Gasteiger partial charge on any atom is -0.338 e. The Kier molecular flexibility index (Phi) is 7.91. The van der Waals surface area contributed by atoms with Gasteiger partial charge in [-0.05, 0) is 36.5 Å². The number of unbranched alkanes of at least 4 members (excludes halogenated alkanes) is 1. The van der Waals surface area contributed by atoms with Crippen molar-refractivity contribution in [1.29, 1.82) is 0 Å². The topological polar surface area (TPSA) is 108 Å². The standard InChI is InChI=1S/C21H29FN4O4/c1-4-5-11-21(15-6-8-16(22)9-7-15)18(28)26(20(30)25-21)13-17(27)24-19(29)23-12-10-14(2)3/h6-9,14H,4-5,10-13H2,1-3H3,(H,25,30)(H2,23,24,27,29)/t21-/m1/s1. The number of benzene rings is 1. The second kappa shape index (κ2) is 10.2. The zero-order chi connectivity index (χ0) is 22.3. The van der Waals surface area contributed by atoms with Crippen LogP contribution in [-0.4, -0.2) is 41.9 Å². The van der Waals surface area contributed by atoms with Gasteiger partial charge in [-0.15, -0.1) is 0 Å². The Morgan fingerprint density at radius 1 is 1.20 bits per heavy atom. The highest BCUT2D eigenvalue weighted by Crippen LogP contribution is 2.34. The van der Waals surface area contributed by atoms with Gasteiger partial charge in [0, 0.05) is 6.54 Å². The van der Waals surface area contributed by atoms with Gasteiger partial charge in [0.1, 0.15) is 17.9 Å². The summed E-state index contributed by atoms with van der Waals surface area (Å²) in [6.45, 7) is 5.78. The van der Waals surface area contributed by atoms with Gasteiger partial charge >= 0.3 is 12.1 Å². The van der Waals surface area contributed by atoms with Crippen LogP contribution in [0, 0.1) is 11.7 Å². The van der Waals surface area contributed by atoms with Crippen LogP contribution in [0.5, 0.6) is 0 Å². The summed E-state index contributed by atoms with van der Waals surface area (Å²) in [7, 11) is 0. The molecule has 1 atom stereocenters. The molecular formula is C21H29FN4O4. The predicted octanol–water partition coefficient (Wildman–Crippen LogP) is 2.63. The van der Waals surface area contributed by atoms with Crippen molar-refractivity contribution >= 4 is 23.9 Å². The van der Waals surface area contributed by atoms with E-state index in [1.54, 1.807) is 0 Å². The molecule has 1 aromatic carbocycles. The maximum atomic E-state index is 13.4. The molecule has 1 fully saturated rings. The van der Waals surface area contributed by atoms with Crippen LogP contribution in [0.3, 0.4) is 0 Å². The summed E-state index contributed by atoms with van der Waals surface area (Å²) in [5.41, 5.74) is -0.911. The molecule has 8 nitrogen and oxygen atoms in total. The number of halogens is 1. The third-order valence-corrected chi connectivity index (χ3v) is 4.98. The minimum atomic E-state index is -1.36. The highest BCUT2D eigenvalue weighted by atomic mass is 19.1. The van der Waals surface area contributed by atoms with Crippen LogP contribution in [0.2, 0.25) is 0 Å². The second-order valence-electron chi connectivity index (χ2n) is 7.82. The number of hydrogen-bond acceptors (Lipinski definition) is 4. The van der Waals surface area contributed by atoms with Gasteiger partial charge in [0.2, 0.25) is 5.91 Å². The third-order valence-electron chi connectivity index (χ3n) is 4.98. The maximum absolute atomic E-state index is 13.4. The monoisotopic (exact) mass is 420 g/mol. The molecule has 1 aliphatic rings. The smallest absolute Gasteiger partial charge is 0.325 e. The van der Waals surface area contributed by atoms with Gasteiger partial charge < -0.3 is 10.6 Å². The molecule has 0 aliphatic carbocycles. The molecule has 0 bridgehead atoms. The van der Waals surface area contributed by atoms with Gasteiger partial charge in [-0.1, -0.05) is 45.7 Å². The summed E-state index contributed by atoms with van der Waals surface area (Å²) in [4.78, 5) is 50.5. The van der Waals surface area contributed by atoms with Crippen LogP contribution >= 0.6 is 0 Å². The Morgan fingerprint density at radius 3 is 2.47 bits per heavy atom. The van der Waals surface area contributed by atoms with Crippen molar-refractivity contribution in [1.82, 2.24) is 20.9 Å². The van der Waals surface area contributed by atoms with E-state index in [1.807, 2.05) is 20.8 Å². The van der Waals surface area contributed by atoms with E-state index in [9.17, 15) is 23.6 Å². The molecule has 30 heavy (non-hydrogen) atoms. The third kappa shape index (κ3) is 5.55. The Morgan fingerprint density at radius 2 is 1.87 bits per heavy atom. The fourth-order valence-electron chi connectivity index (χ4n) is 3.28. The van der Waals surface area contributed by atoms with E-state index in [0.29, 0.717) is 30.9 Å². The van der Waals surface area contributed by atoms with E-state index in [-0.39, 0.29) is 0 Å². The first-order chi connectivity index (χ1) is 14.2. The number of rotatable bonds is 9. The lowest BCUT2D eigenvalue weighted by molar-refractivity contribution is -0.135. The predicted molar refractivity (Wildman–Crippen MR) is 109 cm³/mol. The van der Waals surface area contributed by atoms with E-state index in [4.69, 9.17) is 0 Å². The van der Waals surface area contributed by atoms with Crippen molar-refractivity contribution in [3.8, 4) is 0 Å². The van der Waals surface area contributed by atoms with Gasteiger partial charge in [0.25, 0.3) is 5.91 Å². The first kappa shape index (κ1) is 23.3. The quantitative estimate of drug-likeness (QED) is 0.534. The lowest BCUT2D eigenvalue weighted by atomic mass is 9.85. The zero-order valence-electron chi connectivity index (χ0n) is 17.6. The van der Waals surface area contributed by atoms with Crippen LogP contribution in [0.25, 0.3) is 0 Å². The molecule has 1 aromatic rings. The number of amides is 6. The summed E-state index contributed by atoms with van der Waals surface area (Å²) in [5.74, 6) is -1.43. The van der Waals surface area contributed by atoms with Gasteiger partial charge in [-0.2, -0.15) is 0 Å². The highest BCUT2D eigenvalue weighted by molar-refractivity contribution is 6.10. The Labute approximate surface area is 175 Å². The summed E-state index contributed by atoms with van der Waals surface area (Å²) in [6.07, 6.45) is 2.49. The van der Waals surface area contributed by atoms with Gasteiger partial charge in [-0.3, -0.25) is 19.8 Å². The lowest BCUT2D eigenvalue weighted by Gasteiger charge is -2.27. The van der Waals surface area contributed by atoms with Crippen LogP contribution < -0.4 is 16.0 Å². The molecule has 1 saturated heterocycles. The number of imide groups is 2. The summed E-state index contributed by atoms with van der Waals surface area (Å²) >= 11 is 0.